The fourth-order valence-electron chi connectivity index (χ4n) is 3.43. The van der Waals surface area contributed by atoms with Crippen LogP contribution in [0.5, 0.6) is 0 Å². The molecule has 3 aromatic rings. The van der Waals surface area contributed by atoms with Gasteiger partial charge in [-0.3, -0.25) is 9.59 Å². The van der Waals surface area contributed by atoms with Gasteiger partial charge in [0.1, 0.15) is 0 Å². The summed E-state index contributed by atoms with van der Waals surface area (Å²) in [6.45, 7) is 0. The van der Waals surface area contributed by atoms with Crippen molar-refractivity contribution in [3.05, 3.63) is 83.9 Å². The number of carboxylic acids is 2. The second kappa shape index (κ2) is 14.0. The lowest BCUT2D eigenvalue weighted by Crippen LogP contribution is -1.94. The van der Waals surface area contributed by atoms with Crippen LogP contribution in [-0.2, 0) is 22.4 Å². The molecule has 0 aliphatic carbocycles. The van der Waals surface area contributed by atoms with Gasteiger partial charge < -0.3 is 10.2 Å². The lowest BCUT2D eigenvalue weighted by molar-refractivity contribution is -0.138. The Morgan fingerprint density at radius 1 is 0.548 bits per heavy atom. The molecular formula is C27H32O4. The second-order valence-electron chi connectivity index (χ2n) is 7.72. The molecule has 4 nitrogen and oxygen atoms in total. The predicted molar refractivity (Wildman–Crippen MR) is 125 cm³/mol. The standard InChI is InChI=1S/C15H16O2.C12H16O2/c16-15(17)8-4-1-5-12-9-10-13-6-2-3-7-14(13)11-12;13-12(14)10-6-2-5-9-11-7-3-1-4-8-11/h2-3,6-7,9-11H,1,4-5,8H2,(H,16,17);1,3-4,7-8H,2,5-6,9-10H2,(H,13,14). The maximum Gasteiger partial charge on any atom is 0.303 e. The summed E-state index contributed by atoms with van der Waals surface area (Å²) >= 11 is 0. The largest absolute Gasteiger partial charge is 0.481 e. The third-order valence-corrected chi connectivity index (χ3v) is 5.12. The smallest absolute Gasteiger partial charge is 0.303 e. The van der Waals surface area contributed by atoms with E-state index in [0.29, 0.717) is 6.42 Å². The summed E-state index contributed by atoms with van der Waals surface area (Å²) < 4.78 is 0. The van der Waals surface area contributed by atoms with Crippen LogP contribution in [0.3, 0.4) is 0 Å². The third kappa shape index (κ3) is 10.4. The molecule has 0 heterocycles. The van der Waals surface area contributed by atoms with Gasteiger partial charge in [-0.15, -0.1) is 0 Å². The van der Waals surface area contributed by atoms with Crippen LogP contribution >= 0.6 is 0 Å². The van der Waals surface area contributed by atoms with Crippen LogP contribution in [0.15, 0.2) is 72.8 Å². The number of hydrogen-bond acceptors (Lipinski definition) is 2. The van der Waals surface area contributed by atoms with Crippen LogP contribution in [0.4, 0.5) is 0 Å². The lowest BCUT2D eigenvalue weighted by atomic mass is 10.0. The van der Waals surface area contributed by atoms with Crippen LogP contribution in [0, 0.1) is 0 Å². The summed E-state index contributed by atoms with van der Waals surface area (Å²) in [5.74, 6) is -1.40. The lowest BCUT2D eigenvalue weighted by Gasteiger charge is -2.03. The number of aliphatic carboxylic acids is 2. The van der Waals surface area contributed by atoms with Crippen molar-refractivity contribution in [1.82, 2.24) is 0 Å². The van der Waals surface area contributed by atoms with Crippen LogP contribution < -0.4 is 0 Å². The van der Waals surface area contributed by atoms with Crippen molar-refractivity contribution in [2.24, 2.45) is 0 Å². The molecular weight excluding hydrogens is 388 g/mol. The average Bonchev–Trinajstić information content (AvgIpc) is 2.77. The van der Waals surface area contributed by atoms with Gasteiger partial charge in [0.2, 0.25) is 0 Å². The van der Waals surface area contributed by atoms with Gasteiger partial charge in [0.15, 0.2) is 0 Å². The second-order valence-corrected chi connectivity index (χ2v) is 7.72. The molecule has 0 aromatic heterocycles. The van der Waals surface area contributed by atoms with Crippen molar-refractivity contribution >= 4 is 22.7 Å². The Kier molecular flexibility index (Phi) is 10.9. The Hall–Kier alpha value is -3.14. The van der Waals surface area contributed by atoms with Gasteiger partial charge in [-0.25, -0.2) is 0 Å². The molecule has 2 N–H and O–H groups in total. The van der Waals surface area contributed by atoms with Crippen LogP contribution in [0.2, 0.25) is 0 Å². The zero-order valence-electron chi connectivity index (χ0n) is 18.0. The molecule has 0 aliphatic heterocycles. The zero-order valence-corrected chi connectivity index (χ0v) is 18.0. The van der Waals surface area contributed by atoms with E-state index in [2.05, 4.69) is 42.5 Å². The van der Waals surface area contributed by atoms with Crippen molar-refractivity contribution in [2.75, 3.05) is 0 Å². The molecule has 0 saturated carbocycles. The van der Waals surface area contributed by atoms with E-state index in [9.17, 15) is 9.59 Å². The van der Waals surface area contributed by atoms with Crippen molar-refractivity contribution < 1.29 is 19.8 Å². The third-order valence-electron chi connectivity index (χ3n) is 5.12. The number of aryl methyl sites for hydroxylation is 2. The van der Waals surface area contributed by atoms with Crippen molar-refractivity contribution in [3.8, 4) is 0 Å². The Labute approximate surface area is 184 Å². The maximum absolute atomic E-state index is 10.4. The number of benzene rings is 3. The summed E-state index contributed by atoms with van der Waals surface area (Å²) in [7, 11) is 0. The quantitative estimate of drug-likeness (QED) is 0.347. The fraction of sp³-hybridized carbons (Fsp3) is 0.333. The Morgan fingerprint density at radius 3 is 1.77 bits per heavy atom. The molecule has 31 heavy (non-hydrogen) atoms. The summed E-state index contributed by atoms with van der Waals surface area (Å²) in [5, 5.41) is 19.5. The Balaban J connectivity index is 0.000000225. The van der Waals surface area contributed by atoms with E-state index < -0.39 is 11.9 Å². The van der Waals surface area contributed by atoms with Crippen LogP contribution in [0.25, 0.3) is 10.8 Å². The molecule has 3 rings (SSSR count). The minimum absolute atomic E-state index is 0.271. The molecule has 0 unspecified atom stereocenters. The molecule has 0 atom stereocenters. The number of carboxylic acid groups (broad SMARTS) is 2. The SMILES string of the molecule is O=C(O)CCCCCc1ccccc1.O=C(O)CCCCc1ccc2ccccc2c1. The van der Waals surface area contributed by atoms with Gasteiger partial charge in [0, 0.05) is 12.8 Å². The van der Waals surface area contributed by atoms with Crippen molar-refractivity contribution in [3.63, 3.8) is 0 Å². The minimum atomic E-state index is -0.705. The highest BCUT2D eigenvalue weighted by Gasteiger charge is 1.99. The number of unbranched alkanes of at least 4 members (excludes halogenated alkanes) is 3. The monoisotopic (exact) mass is 420 g/mol. The molecule has 0 radical (unpaired) electrons. The van der Waals surface area contributed by atoms with Gasteiger partial charge in [-0.05, 0) is 60.4 Å². The Morgan fingerprint density at radius 2 is 1.10 bits per heavy atom. The zero-order chi connectivity index (χ0) is 22.3. The average molecular weight is 421 g/mol. The highest BCUT2D eigenvalue weighted by molar-refractivity contribution is 5.83. The van der Waals surface area contributed by atoms with E-state index >= 15 is 0 Å². The molecule has 0 bridgehead atoms. The first kappa shape index (κ1) is 24.1. The highest BCUT2D eigenvalue weighted by atomic mass is 16.4. The first-order chi connectivity index (χ1) is 15.0. The van der Waals surface area contributed by atoms with Gasteiger partial charge in [0.25, 0.3) is 0 Å². The molecule has 0 aliphatic rings. The first-order valence-corrected chi connectivity index (χ1v) is 11.0. The fourth-order valence-corrected chi connectivity index (χ4v) is 3.43. The normalized spacial score (nSPS) is 10.3. The van der Waals surface area contributed by atoms with Crippen molar-refractivity contribution in [1.29, 1.82) is 0 Å². The molecule has 0 saturated heterocycles. The summed E-state index contributed by atoms with van der Waals surface area (Å²) in [6, 6.07) is 25.0. The van der Waals surface area contributed by atoms with E-state index in [4.69, 9.17) is 10.2 Å². The molecule has 0 amide bonds. The van der Waals surface area contributed by atoms with E-state index in [1.807, 2.05) is 30.3 Å². The maximum atomic E-state index is 10.4. The molecule has 0 spiro atoms. The van der Waals surface area contributed by atoms with Gasteiger partial charge in [0.05, 0.1) is 0 Å². The van der Waals surface area contributed by atoms with Crippen LogP contribution in [0.1, 0.15) is 56.1 Å². The molecule has 0 fully saturated rings. The minimum Gasteiger partial charge on any atom is -0.481 e. The summed E-state index contributed by atoms with van der Waals surface area (Å²) in [5.41, 5.74) is 2.62. The summed E-state index contributed by atoms with van der Waals surface area (Å²) in [4.78, 5) is 20.6. The topological polar surface area (TPSA) is 74.6 Å². The van der Waals surface area contributed by atoms with E-state index in [1.165, 1.54) is 21.9 Å². The van der Waals surface area contributed by atoms with Gasteiger partial charge >= 0.3 is 11.9 Å². The molecule has 4 heteroatoms. The molecule has 3 aromatic carbocycles. The highest BCUT2D eigenvalue weighted by Crippen LogP contribution is 2.17. The number of hydrogen-bond donors (Lipinski definition) is 2. The van der Waals surface area contributed by atoms with E-state index in [1.54, 1.807) is 0 Å². The van der Waals surface area contributed by atoms with E-state index in [0.717, 1.165) is 44.9 Å². The van der Waals surface area contributed by atoms with Gasteiger partial charge in [-0.1, -0.05) is 79.2 Å². The Bertz CT molecular complexity index is 934. The molecule has 164 valence electrons. The number of rotatable bonds is 11. The van der Waals surface area contributed by atoms with E-state index in [-0.39, 0.29) is 6.42 Å². The summed E-state index contributed by atoms with van der Waals surface area (Å²) in [6.07, 6.45) is 7.15. The predicted octanol–water partition coefficient (Wildman–Crippen LogP) is 6.51. The van der Waals surface area contributed by atoms with Gasteiger partial charge in [-0.2, -0.15) is 0 Å². The first-order valence-electron chi connectivity index (χ1n) is 11.0. The number of carbonyl (C=O) groups is 2. The number of fused-ring (bicyclic) bond motifs is 1. The van der Waals surface area contributed by atoms with Crippen molar-refractivity contribution in [2.45, 2.75) is 57.8 Å². The van der Waals surface area contributed by atoms with Crippen LogP contribution in [-0.4, -0.2) is 22.2 Å².